The molecule has 0 aliphatic heterocycles. The minimum atomic E-state index is -0.723. The summed E-state index contributed by atoms with van der Waals surface area (Å²) in [4.78, 5) is 26.2. The van der Waals surface area contributed by atoms with Crippen LogP contribution in [-0.2, 0) is 4.79 Å². The number of carboxylic acid groups (broad SMARTS) is 1. The summed E-state index contributed by atoms with van der Waals surface area (Å²) in [5.74, 6) is -0.853. The van der Waals surface area contributed by atoms with Gasteiger partial charge in [0.15, 0.2) is 0 Å². The van der Waals surface area contributed by atoms with Crippen LogP contribution in [0.15, 0.2) is 0 Å². The number of rotatable bonds is 4. The maximum Gasteiger partial charge on any atom is 0.306 e. The second kappa shape index (κ2) is 5.68. The third-order valence-corrected chi connectivity index (χ3v) is 3.47. The number of aromatic nitrogens is 3. The molecule has 0 radical (unpaired) electrons. The number of aromatic amines is 1. The van der Waals surface area contributed by atoms with Gasteiger partial charge in [0.1, 0.15) is 0 Å². The van der Waals surface area contributed by atoms with Crippen LogP contribution in [0.25, 0.3) is 0 Å². The number of carboxylic acids is 1. The Morgan fingerprint density at radius 3 is 2.58 bits per heavy atom. The van der Waals surface area contributed by atoms with Crippen molar-refractivity contribution < 1.29 is 14.7 Å². The van der Waals surface area contributed by atoms with Crippen molar-refractivity contribution in [2.75, 3.05) is 12.3 Å². The number of aliphatic carboxylic acids is 1. The number of hydrogen-bond donors (Lipinski definition) is 4. The van der Waals surface area contributed by atoms with Gasteiger partial charge in [-0.25, -0.2) is 0 Å². The van der Waals surface area contributed by atoms with Crippen molar-refractivity contribution in [3.05, 3.63) is 5.82 Å². The maximum atomic E-state index is 11.7. The molecule has 0 saturated heterocycles. The monoisotopic (exact) mass is 267 g/mol. The predicted octanol–water partition coefficient (Wildman–Crippen LogP) is 0.00770. The molecular weight excluding hydrogens is 250 g/mol. The summed E-state index contributed by atoms with van der Waals surface area (Å²) in [6, 6.07) is 0. The van der Waals surface area contributed by atoms with E-state index in [2.05, 4.69) is 20.5 Å². The predicted molar refractivity (Wildman–Crippen MR) is 66.2 cm³/mol. The summed E-state index contributed by atoms with van der Waals surface area (Å²) in [7, 11) is 0. The van der Waals surface area contributed by atoms with Gasteiger partial charge in [0.2, 0.25) is 11.8 Å². The molecule has 2 rings (SSSR count). The van der Waals surface area contributed by atoms with Crippen LogP contribution in [0.3, 0.4) is 0 Å². The molecule has 1 amide bonds. The fourth-order valence-electron chi connectivity index (χ4n) is 2.31. The Hall–Kier alpha value is -2.12. The summed E-state index contributed by atoms with van der Waals surface area (Å²) in [6.45, 7) is 0.520. The highest BCUT2D eigenvalue weighted by molar-refractivity contribution is 5.90. The lowest BCUT2D eigenvalue weighted by molar-refractivity contribution is -0.143. The standard InChI is InChI=1S/C11H17N5O3/c12-11-14-8(15-16-11)9(17)13-5-6-1-3-7(4-2-6)10(18)19/h6-7H,1-5H2,(H,13,17)(H,18,19)(H3,12,14,15,16). The highest BCUT2D eigenvalue weighted by Gasteiger charge is 2.26. The molecule has 104 valence electrons. The third kappa shape index (κ3) is 3.43. The highest BCUT2D eigenvalue weighted by Crippen LogP contribution is 2.28. The first-order valence-corrected chi connectivity index (χ1v) is 6.25. The number of hydrogen-bond acceptors (Lipinski definition) is 5. The molecule has 0 bridgehead atoms. The van der Waals surface area contributed by atoms with Crippen LogP contribution in [0.2, 0.25) is 0 Å². The first kappa shape index (κ1) is 13.3. The Labute approximate surface area is 109 Å². The van der Waals surface area contributed by atoms with Crippen molar-refractivity contribution >= 4 is 17.8 Å². The first-order chi connectivity index (χ1) is 9.06. The van der Waals surface area contributed by atoms with Crippen LogP contribution < -0.4 is 11.1 Å². The summed E-state index contributed by atoms with van der Waals surface area (Å²) < 4.78 is 0. The van der Waals surface area contributed by atoms with Gasteiger partial charge in [0, 0.05) is 6.54 Å². The van der Waals surface area contributed by atoms with E-state index in [1.54, 1.807) is 0 Å². The minimum absolute atomic E-state index is 0.0344. The number of nitrogen functional groups attached to an aromatic ring is 1. The molecule has 19 heavy (non-hydrogen) atoms. The SMILES string of the molecule is Nc1n[nH]c(C(=O)NCC2CCC(C(=O)O)CC2)n1. The van der Waals surface area contributed by atoms with Crippen molar-refractivity contribution in [3.63, 3.8) is 0 Å². The molecule has 1 heterocycles. The zero-order valence-electron chi connectivity index (χ0n) is 10.4. The van der Waals surface area contributed by atoms with Gasteiger partial charge in [-0.3, -0.25) is 14.7 Å². The zero-order valence-corrected chi connectivity index (χ0v) is 10.4. The molecular formula is C11H17N5O3. The second-order valence-corrected chi connectivity index (χ2v) is 4.81. The van der Waals surface area contributed by atoms with Gasteiger partial charge in [-0.15, -0.1) is 5.10 Å². The van der Waals surface area contributed by atoms with Crippen LogP contribution in [0, 0.1) is 11.8 Å². The van der Waals surface area contributed by atoms with E-state index >= 15 is 0 Å². The highest BCUT2D eigenvalue weighted by atomic mass is 16.4. The molecule has 1 saturated carbocycles. The number of nitrogens with one attached hydrogen (secondary N) is 2. The fraction of sp³-hybridized carbons (Fsp3) is 0.636. The molecule has 1 aromatic rings. The van der Waals surface area contributed by atoms with Crippen LogP contribution >= 0.6 is 0 Å². The lowest BCUT2D eigenvalue weighted by atomic mass is 9.82. The number of carbonyl (C=O) groups excluding carboxylic acids is 1. The van der Waals surface area contributed by atoms with E-state index < -0.39 is 5.97 Å². The van der Waals surface area contributed by atoms with Gasteiger partial charge in [-0.1, -0.05) is 0 Å². The van der Waals surface area contributed by atoms with E-state index in [1.165, 1.54) is 0 Å². The lowest BCUT2D eigenvalue weighted by Gasteiger charge is -2.25. The number of H-pyrrole nitrogens is 1. The smallest absolute Gasteiger partial charge is 0.306 e. The van der Waals surface area contributed by atoms with Crippen molar-refractivity contribution in [1.29, 1.82) is 0 Å². The summed E-state index contributed by atoms with van der Waals surface area (Å²) in [5.41, 5.74) is 5.31. The molecule has 0 unspecified atom stereocenters. The van der Waals surface area contributed by atoms with Gasteiger partial charge in [-0.2, -0.15) is 4.98 Å². The molecule has 1 aromatic heterocycles. The number of anilines is 1. The number of carbonyl (C=O) groups is 2. The lowest BCUT2D eigenvalue weighted by Crippen LogP contribution is -2.33. The van der Waals surface area contributed by atoms with E-state index in [-0.39, 0.29) is 23.6 Å². The Morgan fingerprint density at radius 1 is 1.37 bits per heavy atom. The first-order valence-electron chi connectivity index (χ1n) is 6.25. The van der Waals surface area contributed by atoms with Crippen molar-refractivity contribution in [2.24, 2.45) is 11.8 Å². The van der Waals surface area contributed by atoms with Crippen LogP contribution in [-0.4, -0.2) is 38.7 Å². The maximum absolute atomic E-state index is 11.7. The van der Waals surface area contributed by atoms with E-state index in [4.69, 9.17) is 10.8 Å². The summed E-state index contributed by atoms with van der Waals surface area (Å²) in [5, 5.41) is 17.7. The van der Waals surface area contributed by atoms with Gasteiger partial charge >= 0.3 is 5.97 Å². The second-order valence-electron chi connectivity index (χ2n) is 4.81. The van der Waals surface area contributed by atoms with Crippen LogP contribution in [0.1, 0.15) is 36.3 Å². The number of nitrogens with zero attached hydrogens (tertiary/aromatic N) is 2. The molecule has 0 spiro atoms. The van der Waals surface area contributed by atoms with Crippen LogP contribution in [0.5, 0.6) is 0 Å². The van der Waals surface area contributed by atoms with Crippen LogP contribution in [0.4, 0.5) is 5.95 Å². The molecule has 8 nitrogen and oxygen atoms in total. The largest absolute Gasteiger partial charge is 0.481 e. The molecule has 1 fully saturated rings. The average Bonchev–Trinajstić information content (AvgIpc) is 2.83. The Morgan fingerprint density at radius 2 is 2.05 bits per heavy atom. The Kier molecular flexibility index (Phi) is 3.98. The molecule has 0 atom stereocenters. The molecule has 8 heteroatoms. The zero-order chi connectivity index (χ0) is 13.8. The minimum Gasteiger partial charge on any atom is -0.481 e. The van der Waals surface area contributed by atoms with E-state index in [0.717, 1.165) is 12.8 Å². The fourth-order valence-corrected chi connectivity index (χ4v) is 2.31. The quantitative estimate of drug-likeness (QED) is 0.607. The van der Waals surface area contributed by atoms with Crippen molar-refractivity contribution in [1.82, 2.24) is 20.5 Å². The van der Waals surface area contributed by atoms with E-state index in [9.17, 15) is 9.59 Å². The van der Waals surface area contributed by atoms with E-state index in [0.29, 0.717) is 25.3 Å². The summed E-state index contributed by atoms with van der Waals surface area (Å²) in [6.07, 6.45) is 2.97. The van der Waals surface area contributed by atoms with Crippen molar-refractivity contribution in [2.45, 2.75) is 25.7 Å². The molecule has 5 N–H and O–H groups in total. The summed E-state index contributed by atoms with van der Waals surface area (Å²) >= 11 is 0. The molecule has 0 aromatic carbocycles. The van der Waals surface area contributed by atoms with Gasteiger partial charge in [0.25, 0.3) is 5.91 Å². The van der Waals surface area contributed by atoms with E-state index in [1.807, 2.05) is 0 Å². The van der Waals surface area contributed by atoms with Gasteiger partial charge in [0.05, 0.1) is 5.92 Å². The number of amides is 1. The topological polar surface area (TPSA) is 134 Å². The molecule has 1 aliphatic carbocycles. The average molecular weight is 267 g/mol. The Balaban J connectivity index is 1.75. The normalized spacial score (nSPS) is 22.9. The molecule has 1 aliphatic rings. The van der Waals surface area contributed by atoms with Gasteiger partial charge < -0.3 is 16.2 Å². The Bertz CT molecular complexity index is 465. The number of nitrogens with two attached hydrogens (primary N) is 1. The van der Waals surface area contributed by atoms with Gasteiger partial charge in [-0.05, 0) is 31.6 Å². The third-order valence-electron chi connectivity index (χ3n) is 3.47. The van der Waals surface area contributed by atoms with Crippen molar-refractivity contribution in [3.8, 4) is 0 Å².